The average molecular weight is 395 g/mol. The topological polar surface area (TPSA) is 23.6 Å². The SMILES string of the molecule is O=C(c1cc(Br)ccc1F)N1CCCN(c2ccc(F)cc2)CC1. The van der Waals surface area contributed by atoms with Gasteiger partial charge < -0.3 is 9.80 Å². The molecule has 0 spiro atoms. The predicted molar refractivity (Wildman–Crippen MR) is 93.2 cm³/mol. The van der Waals surface area contributed by atoms with E-state index in [1.54, 1.807) is 23.1 Å². The quantitative estimate of drug-likeness (QED) is 0.765. The third-order valence-corrected chi connectivity index (χ3v) is 4.63. The summed E-state index contributed by atoms with van der Waals surface area (Å²) in [5.41, 5.74) is 1.01. The van der Waals surface area contributed by atoms with Crippen molar-refractivity contribution in [3.63, 3.8) is 0 Å². The highest BCUT2D eigenvalue weighted by Gasteiger charge is 2.22. The van der Waals surface area contributed by atoms with E-state index in [9.17, 15) is 13.6 Å². The highest BCUT2D eigenvalue weighted by molar-refractivity contribution is 9.10. The third kappa shape index (κ3) is 3.75. The average Bonchev–Trinajstić information content (AvgIpc) is 2.83. The Morgan fingerprint density at radius 2 is 1.71 bits per heavy atom. The molecule has 0 N–H and O–H groups in total. The molecule has 0 aromatic heterocycles. The molecule has 3 rings (SSSR count). The molecule has 126 valence electrons. The summed E-state index contributed by atoms with van der Waals surface area (Å²) in [6.45, 7) is 2.48. The first-order chi connectivity index (χ1) is 11.5. The van der Waals surface area contributed by atoms with Crippen LogP contribution in [0.1, 0.15) is 16.8 Å². The highest BCUT2D eigenvalue weighted by atomic mass is 79.9. The van der Waals surface area contributed by atoms with E-state index in [4.69, 9.17) is 0 Å². The normalized spacial score (nSPS) is 15.3. The molecular formula is C18H17BrF2N2O. The van der Waals surface area contributed by atoms with Crippen molar-refractivity contribution in [3.8, 4) is 0 Å². The Bertz CT molecular complexity index is 736. The molecule has 24 heavy (non-hydrogen) atoms. The van der Waals surface area contributed by atoms with Crippen molar-refractivity contribution in [1.29, 1.82) is 0 Å². The largest absolute Gasteiger partial charge is 0.370 e. The van der Waals surface area contributed by atoms with Gasteiger partial charge in [0.15, 0.2) is 0 Å². The van der Waals surface area contributed by atoms with Crippen LogP contribution in [-0.4, -0.2) is 37.0 Å². The number of nitrogens with zero attached hydrogens (tertiary/aromatic N) is 2. The van der Waals surface area contributed by atoms with E-state index >= 15 is 0 Å². The standard InChI is InChI=1S/C18H17BrF2N2O/c19-13-2-7-17(21)16(12-13)18(24)23-9-1-8-22(10-11-23)15-5-3-14(20)4-6-15/h2-7,12H,1,8-11H2. The van der Waals surface area contributed by atoms with E-state index in [1.165, 1.54) is 24.3 Å². The monoisotopic (exact) mass is 394 g/mol. The van der Waals surface area contributed by atoms with Crippen molar-refractivity contribution >= 4 is 27.5 Å². The maximum absolute atomic E-state index is 13.9. The first-order valence-electron chi connectivity index (χ1n) is 7.79. The molecule has 3 nitrogen and oxygen atoms in total. The Morgan fingerprint density at radius 3 is 2.46 bits per heavy atom. The summed E-state index contributed by atoms with van der Waals surface area (Å²) in [6.07, 6.45) is 0.777. The fraction of sp³-hybridized carbons (Fsp3) is 0.278. The molecule has 0 radical (unpaired) electrons. The molecule has 1 heterocycles. The Hall–Kier alpha value is -1.95. The van der Waals surface area contributed by atoms with Crippen LogP contribution in [0.4, 0.5) is 14.5 Å². The smallest absolute Gasteiger partial charge is 0.256 e. The van der Waals surface area contributed by atoms with Crippen LogP contribution in [0.2, 0.25) is 0 Å². The van der Waals surface area contributed by atoms with E-state index in [0.29, 0.717) is 24.1 Å². The molecule has 0 atom stereocenters. The molecule has 0 saturated carbocycles. The van der Waals surface area contributed by atoms with Crippen LogP contribution in [0.3, 0.4) is 0 Å². The molecular weight excluding hydrogens is 378 g/mol. The molecule has 1 saturated heterocycles. The Balaban J connectivity index is 1.72. The summed E-state index contributed by atoms with van der Waals surface area (Å²) in [5, 5.41) is 0. The number of anilines is 1. The molecule has 1 fully saturated rings. The highest BCUT2D eigenvalue weighted by Crippen LogP contribution is 2.20. The lowest BCUT2D eigenvalue weighted by Gasteiger charge is -2.24. The molecule has 1 aliphatic heterocycles. The minimum atomic E-state index is -0.511. The van der Waals surface area contributed by atoms with Gasteiger partial charge in [-0.3, -0.25) is 4.79 Å². The fourth-order valence-electron chi connectivity index (χ4n) is 2.86. The third-order valence-electron chi connectivity index (χ3n) is 4.13. The first-order valence-corrected chi connectivity index (χ1v) is 8.59. The molecule has 0 unspecified atom stereocenters. The lowest BCUT2D eigenvalue weighted by molar-refractivity contribution is 0.0762. The second kappa shape index (κ2) is 7.30. The molecule has 0 aliphatic carbocycles. The second-order valence-corrected chi connectivity index (χ2v) is 6.65. The summed E-state index contributed by atoms with van der Waals surface area (Å²) in [4.78, 5) is 16.4. The van der Waals surface area contributed by atoms with Gasteiger partial charge in [0.2, 0.25) is 0 Å². The van der Waals surface area contributed by atoms with Crippen LogP contribution in [0, 0.1) is 11.6 Å². The molecule has 6 heteroatoms. The van der Waals surface area contributed by atoms with Gasteiger partial charge >= 0.3 is 0 Å². The Morgan fingerprint density at radius 1 is 0.958 bits per heavy atom. The van der Waals surface area contributed by atoms with Crippen LogP contribution in [0.5, 0.6) is 0 Å². The Labute approximate surface area is 148 Å². The van der Waals surface area contributed by atoms with Crippen molar-refractivity contribution in [2.24, 2.45) is 0 Å². The van der Waals surface area contributed by atoms with Gasteiger partial charge in [0.1, 0.15) is 11.6 Å². The minimum Gasteiger partial charge on any atom is -0.370 e. The lowest BCUT2D eigenvalue weighted by Crippen LogP contribution is -2.35. The number of hydrogen-bond acceptors (Lipinski definition) is 2. The van der Waals surface area contributed by atoms with Gasteiger partial charge in [-0.2, -0.15) is 0 Å². The summed E-state index contributed by atoms with van der Waals surface area (Å²) in [5.74, 6) is -1.08. The van der Waals surface area contributed by atoms with E-state index in [0.717, 1.165) is 18.7 Å². The van der Waals surface area contributed by atoms with Crippen molar-refractivity contribution in [1.82, 2.24) is 4.90 Å². The zero-order valence-corrected chi connectivity index (χ0v) is 14.6. The zero-order chi connectivity index (χ0) is 17.1. The van der Waals surface area contributed by atoms with Crippen molar-refractivity contribution in [2.45, 2.75) is 6.42 Å². The second-order valence-electron chi connectivity index (χ2n) is 5.73. The molecule has 2 aromatic carbocycles. The fourth-order valence-corrected chi connectivity index (χ4v) is 3.22. The van der Waals surface area contributed by atoms with E-state index in [1.807, 2.05) is 0 Å². The number of benzene rings is 2. The van der Waals surface area contributed by atoms with Crippen LogP contribution in [0.25, 0.3) is 0 Å². The van der Waals surface area contributed by atoms with Gasteiger partial charge in [0.25, 0.3) is 5.91 Å². The van der Waals surface area contributed by atoms with E-state index < -0.39 is 5.82 Å². The molecule has 0 bridgehead atoms. The zero-order valence-electron chi connectivity index (χ0n) is 13.0. The van der Waals surface area contributed by atoms with Gasteiger partial charge in [-0.25, -0.2) is 8.78 Å². The van der Waals surface area contributed by atoms with Gasteiger partial charge in [0, 0.05) is 36.3 Å². The first kappa shape index (κ1) is 16.9. The van der Waals surface area contributed by atoms with Crippen LogP contribution in [0.15, 0.2) is 46.9 Å². The maximum Gasteiger partial charge on any atom is 0.256 e. The summed E-state index contributed by atoms with van der Waals surface area (Å²) in [7, 11) is 0. The van der Waals surface area contributed by atoms with Crippen molar-refractivity contribution in [3.05, 3.63) is 64.1 Å². The van der Waals surface area contributed by atoms with Gasteiger partial charge in [0.05, 0.1) is 5.56 Å². The van der Waals surface area contributed by atoms with Crippen LogP contribution in [-0.2, 0) is 0 Å². The van der Waals surface area contributed by atoms with Gasteiger partial charge in [-0.15, -0.1) is 0 Å². The molecule has 2 aromatic rings. The van der Waals surface area contributed by atoms with Crippen LogP contribution >= 0.6 is 15.9 Å². The minimum absolute atomic E-state index is 0.0830. The number of amides is 1. The lowest BCUT2D eigenvalue weighted by atomic mass is 10.2. The molecule has 1 amide bonds. The molecule has 1 aliphatic rings. The Kier molecular flexibility index (Phi) is 5.14. The summed E-state index contributed by atoms with van der Waals surface area (Å²) >= 11 is 3.27. The van der Waals surface area contributed by atoms with Gasteiger partial charge in [-0.05, 0) is 48.9 Å². The maximum atomic E-state index is 13.9. The summed E-state index contributed by atoms with van der Waals surface area (Å²) in [6, 6.07) is 10.7. The number of hydrogen-bond donors (Lipinski definition) is 0. The number of rotatable bonds is 2. The number of carbonyl (C=O) groups excluding carboxylic acids is 1. The summed E-state index contributed by atoms with van der Waals surface area (Å²) < 4.78 is 27.7. The van der Waals surface area contributed by atoms with Crippen LogP contribution < -0.4 is 4.90 Å². The number of halogens is 3. The van der Waals surface area contributed by atoms with E-state index in [2.05, 4.69) is 20.8 Å². The van der Waals surface area contributed by atoms with Gasteiger partial charge in [-0.1, -0.05) is 15.9 Å². The predicted octanol–water partition coefficient (Wildman–Crippen LogP) is 4.08. The van der Waals surface area contributed by atoms with E-state index in [-0.39, 0.29) is 17.3 Å². The van der Waals surface area contributed by atoms with Crippen molar-refractivity contribution < 1.29 is 13.6 Å². The van der Waals surface area contributed by atoms with Crippen molar-refractivity contribution in [2.75, 3.05) is 31.1 Å². The number of carbonyl (C=O) groups is 1.